The average molecular weight is 500 g/mol. The number of hydrogen-bond donors (Lipinski definition) is 4. The largest absolute Gasteiger partial charge is 0.489 e. The van der Waals surface area contributed by atoms with Crippen LogP contribution in [0.2, 0.25) is 0 Å². The number of rotatable bonds is 8. The van der Waals surface area contributed by atoms with Crippen molar-refractivity contribution in [2.75, 3.05) is 23.8 Å². The maximum atomic E-state index is 11.4. The maximum absolute atomic E-state index is 11.4. The fourth-order valence-electron chi connectivity index (χ4n) is 3.90. The van der Waals surface area contributed by atoms with Gasteiger partial charge in [0.15, 0.2) is 11.4 Å². The highest BCUT2D eigenvalue weighted by Crippen LogP contribution is 2.40. The standard InChI is InChI=1S/C22H20N4O10/c27-21(28)11-5-15(25(31)32)19-17(7-11)35-9-13(23-19)3-1-2-4-14-10-36-18-8-12(22(29)30)6-16(26(33)34)20(18)24-14/h1-2,5-8,13-14,23-24H,3-4,9-10H2,(H,27,28)(H,29,30)/b2-1-. The number of nitro groups is 2. The van der Waals surface area contributed by atoms with Crippen molar-refractivity contribution in [3.63, 3.8) is 0 Å². The Hall–Kier alpha value is -4.88. The summed E-state index contributed by atoms with van der Waals surface area (Å²) in [5, 5.41) is 47.2. The van der Waals surface area contributed by atoms with E-state index in [1.165, 1.54) is 12.1 Å². The fourth-order valence-corrected chi connectivity index (χ4v) is 3.90. The molecule has 0 bridgehead atoms. The van der Waals surface area contributed by atoms with Crippen LogP contribution < -0.4 is 20.1 Å². The predicted octanol–water partition coefficient (Wildman–Crippen LogP) is 3.28. The van der Waals surface area contributed by atoms with E-state index in [1.54, 1.807) is 0 Å². The van der Waals surface area contributed by atoms with Crippen LogP contribution in [0.25, 0.3) is 0 Å². The Morgan fingerprint density at radius 3 is 1.56 bits per heavy atom. The van der Waals surface area contributed by atoms with E-state index in [0.29, 0.717) is 12.8 Å². The van der Waals surface area contributed by atoms with Crippen LogP contribution in [0.3, 0.4) is 0 Å². The SMILES string of the molecule is O=C(O)c1cc2c(c([N+](=O)[O-])c1)NC(C/C=C\CC1COc3cc(C(=O)O)cc([N+](=O)[O-])c3N1)CO2. The molecule has 14 nitrogen and oxygen atoms in total. The van der Waals surface area contributed by atoms with Crippen LogP contribution in [-0.4, -0.2) is 57.3 Å². The molecular weight excluding hydrogens is 480 g/mol. The number of nitro benzene ring substituents is 2. The van der Waals surface area contributed by atoms with E-state index in [1.807, 2.05) is 12.2 Å². The van der Waals surface area contributed by atoms with Crippen molar-refractivity contribution in [3.8, 4) is 11.5 Å². The molecule has 2 atom stereocenters. The smallest absolute Gasteiger partial charge is 0.336 e. The second-order valence-corrected chi connectivity index (χ2v) is 8.11. The lowest BCUT2D eigenvalue weighted by molar-refractivity contribution is -0.384. The Morgan fingerprint density at radius 1 is 0.833 bits per heavy atom. The average Bonchev–Trinajstić information content (AvgIpc) is 2.84. The first kappa shape index (κ1) is 24.3. The molecule has 0 aliphatic carbocycles. The van der Waals surface area contributed by atoms with E-state index in [2.05, 4.69) is 10.6 Å². The van der Waals surface area contributed by atoms with Gasteiger partial charge in [-0.25, -0.2) is 9.59 Å². The van der Waals surface area contributed by atoms with Crippen molar-refractivity contribution in [2.45, 2.75) is 24.9 Å². The van der Waals surface area contributed by atoms with E-state index in [-0.39, 0.29) is 59.3 Å². The summed E-state index contributed by atoms with van der Waals surface area (Å²) in [4.78, 5) is 43.9. The minimum absolute atomic E-state index is 0.0942. The van der Waals surface area contributed by atoms with Gasteiger partial charge in [-0.05, 0) is 25.0 Å². The normalized spacial score (nSPS) is 18.0. The van der Waals surface area contributed by atoms with Crippen LogP contribution in [0.4, 0.5) is 22.7 Å². The molecule has 0 amide bonds. The summed E-state index contributed by atoms with van der Waals surface area (Å²) in [5.74, 6) is -2.41. The molecule has 4 N–H and O–H groups in total. The summed E-state index contributed by atoms with van der Waals surface area (Å²) in [6.07, 6.45) is 4.51. The molecule has 4 rings (SSSR count). The summed E-state index contributed by atoms with van der Waals surface area (Å²) in [7, 11) is 0. The Balaban J connectivity index is 1.39. The van der Waals surface area contributed by atoms with Crippen LogP contribution in [0.5, 0.6) is 11.5 Å². The molecule has 2 aliphatic rings. The molecule has 2 heterocycles. The van der Waals surface area contributed by atoms with Crippen molar-refractivity contribution >= 4 is 34.7 Å². The van der Waals surface area contributed by atoms with Crippen LogP contribution in [0, 0.1) is 20.2 Å². The fraction of sp³-hybridized carbons (Fsp3) is 0.273. The number of fused-ring (bicyclic) bond motifs is 2. The summed E-state index contributed by atoms with van der Waals surface area (Å²) in [6.45, 7) is 0.321. The van der Waals surface area contributed by atoms with Gasteiger partial charge in [0.05, 0.1) is 33.1 Å². The molecule has 0 saturated carbocycles. The number of carbonyl (C=O) groups is 2. The highest BCUT2D eigenvalue weighted by molar-refractivity contribution is 5.92. The zero-order chi connectivity index (χ0) is 26.0. The number of anilines is 2. The molecule has 2 aliphatic heterocycles. The van der Waals surface area contributed by atoms with Gasteiger partial charge in [0.2, 0.25) is 0 Å². The molecule has 188 valence electrons. The summed E-state index contributed by atoms with van der Waals surface area (Å²) in [5.41, 5.74) is -1.06. The molecule has 2 unspecified atom stereocenters. The number of nitrogens with zero attached hydrogens (tertiary/aromatic N) is 2. The number of ether oxygens (including phenoxy) is 2. The first-order chi connectivity index (χ1) is 17.1. The Kier molecular flexibility index (Phi) is 6.58. The molecule has 2 aromatic rings. The van der Waals surface area contributed by atoms with Crippen LogP contribution in [-0.2, 0) is 0 Å². The predicted molar refractivity (Wildman–Crippen MR) is 124 cm³/mol. The number of carboxylic acid groups (broad SMARTS) is 2. The Bertz CT molecular complexity index is 1190. The van der Waals surface area contributed by atoms with Gasteiger partial charge in [0, 0.05) is 12.1 Å². The zero-order valence-corrected chi connectivity index (χ0v) is 18.5. The minimum Gasteiger partial charge on any atom is -0.489 e. The van der Waals surface area contributed by atoms with Crippen molar-refractivity contribution in [1.82, 2.24) is 0 Å². The molecule has 0 aromatic heterocycles. The quantitative estimate of drug-likeness (QED) is 0.234. The molecule has 14 heteroatoms. The van der Waals surface area contributed by atoms with E-state index in [9.17, 15) is 29.8 Å². The first-order valence-corrected chi connectivity index (χ1v) is 10.7. The number of carboxylic acids is 2. The minimum atomic E-state index is -1.30. The van der Waals surface area contributed by atoms with Crippen molar-refractivity contribution in [3.05, 3.63) is 67.8 Å². The lowest BCUT2D eigenvalue weighted by Crippen LogP contribution is -2.32. The van der Waals surface area contributed by atoms with Crippen molar-refractivity contribution in [2.24, 2.45) is 0 Å². The van der Waals surface area contributed by atoms with Crippen molar-refractivity contribution in [1.29, 1.82) is 0 Å². The first-order valence-electron chi connectivity index (χ1n) is 10.7. The number of benzene rings is 2. The number of hydrogen-bond acceptors (Lipinski definition) is 10. The highest BCUT2D eigenvalue weighted by atomic mass is 16.6. The summed E-state index contributed by atoms with van der Waals surface area (Å²) in [6, 6.07) is 3.79. The summed E-state index contributed by atoms with van der Waals surface area (Å²) < 4.78 is 11.1. The summed E-state index contributed by atoms with van der Waals surface area (Å²) >= 11 is 0. The third kappa shape index (κ3) is 4.96. The van der Waals surface area contributed by atoms with E-state index < -0.39 is 33.2 Å². The molecule has 0 radical (unpaired) electrons. The second kappa shape index (κ2) is 9.77. The van der Waals surface area contributed by atoms with E-state index in [4.69, 9.17) is 19.7 Å². The third-order valence-electron chi connectivity index (χ3n) is 5.63. The monoisotopic (exact) mass is 500 g/mol. The van der Waals surface area contributed by atoms with E-state index in [0.717, 1.165) is 12.1 Å². The van der Waals surface area contributed by atoms with Crippen molar-refractivity contribution < 1.29 is 39.1 Å². The van der Waals surface area contributed by atoms with Gasteiger partial charge in [0.1, 0.15) is 24.7 Å². The second-order valence-electron chi connectivity index (χ2n) is 8.11. The topological polar surface area (TPSA) is 203 Å². The highest BCUT2D eigenvalue weighted by Gasteiger charge is 2.30. The van der Waals surface area contributed by atoms with E-state index >= 15 is 0 Å². The molecule has 36 heavy (non-hydrogen) atoms. The van der Waals surface area contributed by atoms with Gasteiger partial charge in [-0.15, -0.1) is 0 Å². The molecule has 2 aromatic carbocycles. The van der Waals surface area contributed by atoms with Gasteiger partial charge in [-0.3, -0.25) is 20.2 Å². The van der Waals surface area contributed by atoms with Crippen LogP contribution in [0.1, 0.15) is 33.6 Å². The molecular formula is C22H20N4O10. The number of nitrogens with one attached hydrogen (secondary N) is 2. The van der Waals surface area contributed by atoms with Crippen LogP contribution >= 0.6 is 0 Å². The maximum Gasteiger partial charge on any atom is 0.336 e. The Morgan fingerprint density at radius 2 is 1.22 bits per heavy atom. The zero-order valence-electron chi connectivity index (χ0n) is 18.5. The number of aromatic carboxylic acids is 2. The van der Waals surface area contributed by atoms with Gasteiger partial charge in [-0.1, -0.05) is 12.2 Å². The third-order valence-corrected chi connectivity index (χ3v) is 5.63. The Labute approximate surface area is 202 Å². The lowest BCUT2D eigenvalue weighted by atomic mass is 10.1. The molecule has 0 fully saturated rings. The van der Waals surface area contributed by atoms with Gasteiger partial charge >= 0.3 is 11.9 Å². The van der Waals surface area contributed by atoms with Gasteiger partial charge < -0.3 is 30.3 Å². The molecule has 0 spiro atoms. The van der Waals surface area contributed by atoms with Crippen LogP contribution in [0.15, 0.2) is 36.4 Å². The van der Waals surface area contributed by atoms with Gasteiger partial charge in [0.25, 0.3) is 11.4 Å². The lowest BCUT2D eigenvalue weighted by Gasteiger charge is -2.27. The van der Waals surface area contributed by atoms with Gasteiger partial charge in [-0.2, -0.15) is 0 Å². The molecule has 0 saturated heterocycles.